The molecule has 0 amide bonds. The van der Waals surface area contributed by atoms with Crippen LogP contribution in [0.25, 0.3) is 11.3 Å². The van der Waals surface area contributed by atoms with Gasteiger partial charge in [-0.05, 0) is 25.1 Å². The quantitative estimate of drug-likeness (QED) is 0.862. The Hall–Kier alpha value is -2.50. The average molecular weight is 262 g/mol. The van der Waals surface area contributed by atoms with Gasteiger partial charge >= 0.3 is 5.97 Å². The van der Waals surface area contributed by atoms with E-state index in [1.165, 1.54) is 6.07 Å². The Morgan fingerprint density at radius 3 is 2.79 bits per heavy atom. The molecule has 6 heteroatoms. The molecule has 2 rings (SSSR count). The summed E-state index contributed by atoms with van der Waals surface area (Å²) in [5.74, 6) is 0.219. The zero-order valence-corrected chi connectivity index (χ0v) is 10.6. The number of carboxylic acid groups (broad SMARTS) is 1. The highest BCUT2D eigenvalue weighted by Gasteiger charge is 2.13. The molecule has 100 valence electrons. The number of ether oxygens (including phenoxy) is 2. The SMILES string of the molecule is CCOc1cc(OC)ccc1-c1cc(C(=O)O)[nH]n1. The van der Waals surface area contributed by atoms with Crippen LogP contribution in [-0.4, -0.2) is 35.0 Å². The van der Waals surface area contributed by atoms with Gasteiger partial charge in [0.2, 0.25) is 0 Å². The van der Waals surface area contributed by atoms with E-state index in [1.807, 2.05) is 6.92 Å². The van der Waals surface area contributed by atoms with Gasteiger partial charge in [0, 0.05) is 11.6 Å². The summed E-state index contributed by atoms with van der Waals surface area (Å²) < 4.78 is 10.7. The molecule has 0 radical (unpaired) electrons. The third kappa shape index (κ3) is 2.67. The van der Waals surface area contributed by atoms with Crippen molar-refractivity contribution < 1.29 is 19.4 Å². The molecule has 0 saturated heterocycles. The number of H-pyrrole nitrogens is 1. The minimum absolute atomic E-state index is 0.0354. The molecule has 0 saturated carbocycles. The van der Waals surface area contributed by atoms with E-state index < -0.39 is 5.97 Å². The lowest BCUT2D eigenvalue weighted by atomic mass is 10.1. The lowest BCUT2D eigenvalue weighted by molar-refractivity contribution is 0.0690. The first-order valence-electron chi connectivity index (χ1n) is 5.75. The molecule has 0 unspecified atom stereocenters. The van der Waals surface area contributed by atoms with Crippen LogP contribution in [-0.2, 0) is 0 Å². The molecule has 2 aromatic rings. The predicted molar refractivity (Wildman–Crippen MR) is 68.7 cm³/mol. The van der Waals surface area contributed by atoms with Crippen LogP contribution in [0.15, 0.2) is 24.3 Å². The molecule has 1 aromatic heterocycles. The number of aromatic nitrogens is 2. The fourth-order valence-electron chi connectivity index (χ4n) is 1.69. The first-order valence-corrected chi connectivity index (χ1v) is 5.75. The Morgan fingerprint density at radius 2 is 2.21 bits per heavy atom. The number of hydrogen-bond acceptors (Lipinski definition) is 4. The van der Waals surface area contributed by atoms with Crippen molar-refractivity contribution in [2.45, 2.75) is 6.92 Å². The summed E-state index contributed by atoms with van der Waals surface area (Å²) >= 11 is 0. The largest absolute Gasteiger partial charge is 0.497 e. The van der Waals surface area contributed by atoms with Crippen molar-refractivity contribution in [1.29, 1.82) is 0 Å². The smallest absolute Gasteiger partial charge is 0.353 e. The second-order valence-corrected chi connectivity index (χ2v) is 3.77. The summed E-state index contributed by atoms with van der Waals surface area (Å²) in [6, 6.07) is 6.76. The second kappa shape index (κ2) is 5.43. The molecule has 1 heterocycles. The number of nitrogens with one attached hydrogen (secondary N) is 1. The van der Waals surface area contributed by atoms with E-state index in [9.17, 15) is 4.79 Å². The molecule has 0 aliphatic heterocycles. The maximum Gasteiger partial charge on any atom is 0.353 e. The van der Waals surface area contributed by atoms with Crippen LogP contribution in [0.1, 0.15) is 17.4 Å². The lowest BCUT2D eigenvalue weighted by Crippen LogP contribution is -1.95. The molecular weight excluding hydrogens is 248 g/mol. The highest BCUT2D eigenvalue weighted by molar-refractivity contribution is 5.87. The molecule has 0 aliphatic rings. The summed E-state index contributed by atoms with van der Waals surface area (Å²) in [7, 11) is 1.57. The first-order chi connectivity index (χ1) is 9.15. The monoisotopic (exact) mass is 262 g/mol. The molecule has 2 N–H and O–H groups in total. The average Bonchev–Trinajstić information content (AvgIpc) is 2.88. The summed E-state index contributed by atoms with van der Waals surface area (Å²) in [6.45, 7) is 2.37. The lowest BCUT2D eigenvalue weighted by Gasteiger charge is -2.10. The van der Waals surface area contributed by atoms with Crippen LogP contribution in [0.3, 0.4) is 0 Å². The Bertz CT molecular complexity index is 592. The van der Waals surface area contributed by atoms with Gasteiger partial charge in [-0.1, -0.05) is 0 Å². The number of methoxy groups -OCH3 is 1. The Morgan fingerprint density at radius 1 is 1.42 bits per heavy atom. The van der Waals surface area contributed by atoms with Crippen molar-refractivity contribution in [2.24, 2.45) is 0 Å². The second-order valence-electron chi connectivity index (χ2n) is 3.77. The van der Waals surface area contributed by atoms with Crippen molar-refractivity contribution in [3.8, 4) is 22.8 Å². The number of aromatic carboxylic acids is 1. The van der Waals surface area contributed by atoms with Gasteiger partial charge in [-0.15, -0.1) is 0 Å². The maximum absolute atomic E-state index is 10.8. The van der Waals surface area contributed by atoms with Crippen molar-refractivity contribution in [3.05, 3.63) is 30.0 Å². The van der Waals surface area contributed by atoms with Gasteiger partial charge in [0.1, 0.15) is 17.2 Å². The molecule has 0 bridgehead atoms. The molecular formula is C13H14N2O4. The molecule has 0 atom stereocenters. The summed E-state index contributed by atoms with van der Waals surface area (Å²) in [5.41, 5.74) is 1.27. The van der Waals surface area contributed by atoms with E-state index in [4.69, 9.17) is 14.6 Å². The third-order valence-corrected chi connectivity index (χ3v) is 2.57. The third-order valence-electron chi connectivity index (χ3n) is 2.57. The number of nitrogens with zero attached hydrogens (tertiary/aromatic N) is 1. The van der Waals surface area contributed by atoms with Crippen molar-refractivity contribution in [1.82, 2.24) is 10.2 Å². The van der Waals surface area contributed by atoms with Crippen LogP contribution in [0.4, 0.5) is 0 Å². The van der Waals surface area contributed by atoms with Crippen LogP contribution in [0.2, 0.25) is 0 Å². The number of aromatic amines is 1. The standard InChI is InChI=1S/C13H14N2O4/c1-3-19-12-6-8(18-2)4-5-9(12)10-7-11(13(16)17)15-14-10/h4-7H,3H2,1-2H3,(H,14,15)(H,16,17). The maximum atomic E-state index is 10.8. The van der Waals surface area contributed by atoms with E-state index in [0.29, 0.717) is 29.4 Å². The zero-order chi connectivity index (χ0) is 13.8. The van der Waals surface area contributed by atoms with Gasteiger partial charge < -0.3 is 14.6 Å². The zero-order valence-electron chi connectivity index (χ0n) is 10.6. The van der Waals surface area contributed by atoms with Gasteiger partial charge in [0.25, 0.3) is 0 Å². The Labute approximate surface area is 110 Å². The number of hydrogen-bond donors (Lipinski definition) is 2. The minimum Gasteiger partial charge on any atom is -0.497 e. The summed E-state index contributed by atoms with van der Waals surface area (Å²) in [4.78, 5) is 10.8. The first kappa shape index (κ1) is 12.9. The van der Waals surface area contributed by atoms with E-state index in [2.05, 4.69) is 10.2 Å². The number of benzene rings is 1. The fraction of sp³-hybridized carbons (Fsp3) is 0.231. The van der Waals surface area contributed by atoms with Crippen LogP contribution in [0.5, 0.6) is 11.5 Å². The van der Waals surface area contributed by atoms with E-state index in [-0.39, 0.29) is 5.69 Å². The van der Waals surface area contributed by atoms with Crippen LogP contribution in [0, 0.1) is 0 Å². The molecule has 0 spiro atoms. The van der Waals surface area contributed by atoms with E-state index >= 15 is 0 Å². The van der Waals surface area contributed by atoms with Crippen LogP contribution >= 0.6 is 0 Å². The molecule has 19 heavy (non-hydrogen) atoms. The van der Waals surface area contributed by atoms with E-state index in [1.54, 1.807) is 25.3 Å². The van der Waals surface area contributed by atoms with Crippen molar-refractivity contribution >= 4 is 5.97 Å². The van der Waals surface area contributed by atoms with E-state index in [0.717, 1.165) is 0 Å². The molecule has 0 fully saturated rings. The minimum atomic E-state index is -1.05. The van der Waals surface area contributed by atoms with Gasteiger partial charge in [-0.3, -0.25) is 5.10 Å². The number of rotatable bonds is 5. The number of carboxylic acids is 1. The molecule has 1 aromatic carbocycles. The van der Waals surface area contributed by atoms with Gasteiger partial charge in [-0.2, -0.15) is 5.10 Å². The highest BCUT2D eigenvalue weighted by atomic mass is 16.5. The summed E-state index contributed by atoms with van der Waals surface area (Å²) in [5, 5.41) is 15.3. The Balaban J connectivity index is 2.44. The van der Waals surface area contributed by atoms with Crippen molar-refractivity contribution in [2.75, 3.05) is 13.7 Å². The molecule has 0 aliphatic carbocycles. The fourth-order valence-corrected chi connectivity index (χ4v) is 1.69. The topological polar surface area (TPSA) is 84.4 Å². The molecule has 6 nitrogen and oxygen atoms in total. The normalized spacial score (nSPS) is 10.2. The number of carbonyl (C=O) groups is 1. The Kier molecular flexibility index (Phi) is 3.70. The summed E-state index contributed by atoms with van der Waals surface area (Å²) in [6.07, 6.45) is 0. The van der Waals surface area contributed by atoms with Crippen molar-refractivity contribution in [3.63, 3.8) is 0 Å². The van der Waals surface area contributed by atoms with Gasteiger partial charge in [0.15, 0.2) is 0 Å². The predicted octanol–water partition coefficient (Wildman–Crippen LogP) is 2.18. The van der Waals surface area contributed by atoms with Gasteiger partial charge in [-0.25, -0.2) is 4.79 Å². The van der Waals surface area contributed by atoms with Crippen LogP contribution < -0.4 is 9.47 Å². The van der Waals surface area contributed by atoms with Gasteiger partial charge in [0.05, 0.1) is 19.4 Å². The highest BCUT2D eigenvalue weighted by Crippen LogP contribution is 2.32.